The van der Waals surface area contributed by atoms with Crippen molar-refractivity contribution < 1.29 is 14.3 Å². The molecule has 0 heterocycles. The second-order valence-electron chi connectivity index (χ2n) is 7.86. The molecule has 0 fully saturated rings. The van der Waals surface area contributed by atoms with Gasteiger partial charge in [0, 0.05) is 24.8 Å². The highest BCUT2D eigenvalue weighted by molar-refractivity contribution is 5.89. The first-order valence-electron chi connectivity index (χ1n) is 10.5. The number of carbonyl (C=O) groups is 1. The Balaban J connectivity index is 1.67. The van der Waals surface area contributed by atoms with E-state index in [9.17, 15) is 4.79 Å². The summed E-state index contributed by atoms with van der Waals surface area (Å²) in [4.78, 5) is 14.8. The van der Waals surface area contributed by atoms with E-state index < -0.39 is 0 Å². The third-order valence-electron chi connectivity index (χ3n) is 4.71. The van der Waals surface area contributed by atoms with Crippen LogP contribution in [-0.4, -0.2) is 24.6 Å². The number of carbonyl (C=O) groups excluding carboxylic acids is 1. The van der Waals surface area contributed by atoms with E-state index in [0.29, 0.717) is 37.1 Å². The second kappa shape index (κ2) is 11.1. The zero-order valence-corrected chi connectivity index (χ0v) is 18.4. The van der Waals surface area contributed by atoms with Crippen LogP contribution in [0.2, 0.25) is 0 Å². The first kappa shape index (κ1) is 22.2. The minimum atomic E-state index is -0.141. The number of urea groups is 1. The van der Waals surface area contributed by atoms with Crippen molar-refractivity contribution in [2.45, 2.75) is 27.0 Å². The van der Waals surface area contributed by atoms with Gasteiger partial charge in [0.2, 0.25) is 0 Å². The average Bonchev–Trinajstić information content (AvgIpc) is 2.78. The van der Waals surface area contributed by atoms with Crippen molar-refractivity contribution in [3.63, 3.8) is 0 Å². The molecule has 3 aromatic rings. The molecule has 0 aliphatic rings. The fourth-order valence-corrected chi connectivity index (χ4v) is 3.26. The van der Waals surface area contributed by atoms with Crippen molar-refractivity contribution in [3.8, 4) is 11.5 Å². The smallest absolute Gasteiger partial charge is 0.322 e. The van der Waals surface area contributed by atoms with Gasteiger partial charge in [0.05, 0.1) is 7.11 Å². The molecule has 162 valence electrons. The summed E-state index contributed by atoms with van der Waals surface area (Å²) in [7, 11) is 1.61. The number of ether oxygens (including phenoxy) is 2. The summed E-state index contributed by atoms with van der Waals surface area (Å²) < 4.78 is 11.2. The molecule has 1 N–H and O–H groups in total. The number of hydrogen-bond acceptors (Lipinski definition) is 3. The molecule has 5 nitrogen and oxygen atoms in total. The van der Waals surface area contributed by atoms with Crippen molar-refractivity contribution in [3.05, 3.63) is 90.0 Å². The number of anilines is 1. The first-order valence-corrected chi connectivity index (χ1v) is 10.5. The Bertz CT molecular complexity index is 973. The summed E-state index contributed by atoms with van der Waals surface area (Å²) in [5.74, 6) is 1.84. The summed E-state index contributed by atoms with van der Waals surface area (Å²) >= 11 is 0. The van der Waals surface area contributed by atoms with Gasteiger partial charge in [0.1, 0.15) is 18.1 Å². The third-order valence-corrected chi connectivity index (χ3v) is 4.71. The van der Waals surface area contributed by atoms with Crippen molar-refractivity contribution in [2.75, 3.05) is 19.0 Å². The molecule has 0 aliphatic heterocycles. The highest BCUT2D eigenvalue weighted by Gasteiger charge is 2.16. The van der Waals surface area contributed by atoms with E-state index in [-0.39, 0.29) is 6.03 Å². The molecule has 0 unspecified atom stereocenters. The van der Waals surface area contributed by atoms with E-state index in [0.717, 1.165) is 16.9 Å². The van der Waals surface area contributed by atoms with Crippen molar-refractivity contribution >= 4 is 11.7 Å². The number of methoxy groups -OCH3 is 1. The van der Waals surface area contributed by atoms with Crippen LogP contribution in [0.1, 0.15) is 25.0 Å². The lowest BCUT2D eigenvalue weighted by molar-refractivity contribution is 0.201. The molecule has 5 heteroatoms. The minimum Gasteiger partial charge on any atom is -0.497 e. The maximum Gasteiger partial charge on any atom is 0.322 e. The molecule has 0 saturated heterocycles. The van der Waals surface area contributed by atoms with Crippen molar-refractivity contribution in [1.82, 2.24) is 4.90 Å². The zero-order valence-electron chi connectivity index (χ0n) is 18.4. The molecule has 0 radical (unpaired) electrons. The lowest BCUT2D eigenvalue weighted by Crippen LogP contribution is -2.37. The predicted octanol–water partition coefficient (Wildman–Crippen LogP) is 5.96. The van der Waals surface area contributed by atoms with Crippen molar-refractivity contribution in [2.24, 2.45) is 5.92 Å². The maximum atomic E-state index is 13.0. The molecule has 0 aliphatic carbocycles. The van der Waals surface area contributed by atoms with E-state index in [1.165, 1.54) is 0 Å². The largest absolute Gasteiger partial charge is 0.497 e. The van der Waals surface area contributed by atoms with Crippen LogP contribution in [0.5, 0.6) is 11.5 Å². The molecule has 31 heavy (non-hydrogen) atoms. The molecular formula is C26H30N2O3. The lowest BCUT2D eigenvalue weighted by atomic mass is 10.1. The van der Waals surface area contributed by atoms with Gasteiger partial charge in [-0.2, -0.15) is 0 Å². The molecule has 0 bridgehead atoms. The highest BCUT2D eigenvalue weighted by atomic mass is 16.5. The zero-order chi connectivity index (χ0) is 22.1. The summed E-state index contributed by atoms with van der Waals surface area (Å²) in [5.41, 5.74) is 2.84. The summed E-state index contributed by atoms with van der Waals surface area (Å²) in [6.45, 7) is 5.86. The summed E-state index contributed by atoms with van der Waals surface area (Å²) in [6, 6.07) is 25.2. The topological polar surface area (TPSA) is 50.8 Å². The van der Waals surface area contributed by atoms with Gasteiger partial charge in [-0.3, -0.25) is 0 Å². The Kier molecular flexibility index (Phi) is 7.93. The van der Waals surface area contributed by atoms with E-state index in [1.54, 1.807) is 7.11 Å². The quantitative estimate of drug-likeness (QED) is 0.466. The van der Waals surface area contributed by atoms with Gasteiger partial charge in [0.25, 0.3) is 0 Å². The lowest BCUT2D eigenvalue weighted by Gasteiger charge is -2.25. The van der Waals surface area contributed by atoms with Gasteiger partial charge in [-0.15, -0.1) is 0 Å². The van der Waals surface area contributed by atoms with Crippen LogP contribution < -0.4 is 14.8 Å². The SMILES string of the molecule is COc1cccc(NC(=O)N(Cc2cccc(OCc3ccccc3)c2)CC(C)C)c1. The van der Waals surface area contributed by atoms with Crippen LogP contribution in [0.25, 0.3) is 0 Å². The number of nitrogens with zero attached hydrogens (tertiary/aromatic N) is 1. The van der Waals surface area contributed by atoms with Gasteiger partial charge >= 0.3 is 6.03 Å². The molecule has 0 aromatic heterocycles. The third kappa shape index (κ3) is 7.07. The van der Waals surface area contributed by atoms with E-state index in [1.807, 2.05) is 83.8 Å². The standard InChI is InChI=1S/C26H30N2O3/c1-20(2)17-28(26(29)27-23-12-8-13-24(16-23)30-3)18-22-11-7-14-25(15-22)31-19-21-9-5-4-6-10-21/h4-16,20H,17-19H2,1-3H3,(H,27,29). The highest BCUT2D eigenvalue weighted by Crippen LogP contribution is 2.20. The first-order chi connectivity index (χ1) is 15.0. The van der Waals surface area contributed by atoms with Gasteiger partial charge in [-0.25, -0.2) is 4.79 Å². The Hall–Kier alpha value is -3.47. The number of benzene rings is 3. The molecular weight excluding hydrogens is 388 g/mol. The molecule has 2 amide bonds. The van der Waals surface area contributed by atoms with Crippen LogP contribution >= 0.6 is 0 Å². The van der Waals surface area contributed by atoms with E-state index >= 15 is 0 Å². The molecule has 3 rings (SSSR count). The average molecular weight is 419 g/mol. The Morgan fingerprint density at radius 1 is 0.903 bits per heavy atom. The van der Waals surface area contributed by atoms with Gasteiger partial charge in [-0.05, 0) is 41.3 Å². The predicted molar refractivity (Wildman–Crippen MR) is 124 cm³/mol. The van der Waals surface area contributed by atoms with E-state index in [2.05, 4.69) is 19.2 Å². The fourth-order valence-electron chi connectivity index (χ4n) is 3.26. The van der Waals surface area contributed by atoms with Crippen molar-refractivity contribution in [1.29, 1.82) is 0 Å². The molecule has 0 saturated carbocycles. The van der Waals surface area contributed by atoms with Crippen LogP contribution in [0.4, 0.5) is 10.5 Å². The van der Waals surface area contributed by atoms with Crippen LogP contribution in [0, 0.1) is 5.92 Å². The number of hydrogen-bond donors (Lipinski definition) is 1. The molecule has 0 spiro atoms. The molecule has 0 atom stereocenters. The normalized spacial score (nSPS) is 10.6. The second-order valence-corrected chi connectivity index (χ2v) is 7.86. The van der Waals surface area contributed by atoms with Crippen LogP contribution in [0.3, 0.4) is 0 Å². The van der Waals surface area contributed by atoms with Gasteiger partial charge in [-0.1, -0.05) is 62.4 Å². The Morgan fingerprint density at radius 2 is 1.61 bits per heavy atom. The van der Waals surface area contributed by atoms with Crippen LogP contribution in [-0.2, 0) is 13.2 Å². The minimum absolute atomic E-state index is 0.141. The number of amides is 2. The summed E-state index contributed by atoms with van der Waals surface area (Å²) in [6.07, 6.45) is 0. The Labute approximate surface area is 184 Å². The monoisotopic (exact) mass is 418 g/mol. The fraction of sp³-hybridized carbons (Fsp3) is 0.269. The van der Waals surface area contributed by atoms with Gasteiger partial charge < -0.3 is 19.7 Å². The summed E-state index contributed by atoms with van der Waals surface area (Å²) in [5, 5.41) is 2.98. The number of rotatable bonds is 9. The van der Waals surface area contributed by atoms with Gasteiger partial charge in [0.15, 0.2) is 0 Å². The maximum absolute atomic E-state index is 13.0. The number of nitrogens with one attached hydrogen (secondary N) is 1. The van der Waals surface area contributed by atoms with Crippen LogP contribution in [0.15, 0.2) is 78.9 Å². The van der Waals surface area contributed by atoms with E-state index in [4.69, 9.17) is 9.47 Å². The Morgan fingerprint density at radius 3 is 2.35 bits per heavy atom. The molecule has 3 aromatic carbocycles.